The molecule has 3 aromatic rings. The van der Waals surface area contributed by atoms with Crippen molar-refractivity contribution in [2.75, 3.05) is 0 Å². The van der Waals surface area contributed by atoms with E-state index in [2.05, 4.69) is 138 Å². The summed E-state index contributed by atoms with van der Waals surface area (Å²) in [6.07, 6.45) is 3.50. The van der Waals surface area contributed by atoms with Gasteiger partial charge in [0.15, 0.2) is 0 Å². The molecule has 3 aromatic carbocycles. The fraction of sp³-hybridized carbons (Fsp3) is 0.214. The third-order valence-electron chi connectivity index (χ3n) is 5.86. The molecule has 0 amide bonds. The van der Waals surface area contributed by atoms with E-state index in [-0.39, 0.29) is 48.1 Å². The molecule has 0 radical (unpaired) electrons. The van der Waals surface area contributed by atoms with Gasteiger partial charge in [-0.3, -0.25) is 0 Å². The van der Waals surface area contributed by atoms with Gasteiger partial charge in [0, 0.05) is 0 Å². The SMILES string of the molecule is CC(C)(C)C1=[C]([Ti+3])CC=C1C(c1ccccc1)(c1ccccc1)c1ccccc1.[Cl-].[Cl-].[Cl-]. The Morgan fingerprint density at radius 1 is 0.594 bits per heavy atom. The number of hydrogen-bond acceptors (Lipinski definition) is 0. The fourth-order valence-electron chi connectivity index (χ4n) is 4.80. The molecular formula is C28H27Cl3Ti. The van der Waals surface area contributed by atoms with Gasteiger partial charge in [0.2, 0.25) is 0 Å². The molecule has 1 aliphatic rings. The second kappa shape index (κ2) is 11.7. The Balaban J connectivity index is 0.00000171. The molecule has 4 rings (SSSR count). The summed E-state index contributed by atoms with van der Waals surface area (Å²) >= 11 is 2.30. The van der Waals surface area contributed by atoms with Gasteiger partial charge >= 0.3 is 187 Å². The van der Waals surface area contributed by atoms with Crippen LogP contribution in [0.2, 0.25) is 0 Å². The Kier molecular flexibility index (Phi) is 10.5. The molecule has 0 heterocycles. The topological polar surface area (TPSA) is 0 Å². The first-order valence-electron chi connectivity index (χ1n) is 10.3. The number of benzene rings is 3. The maximum Gasteiger partial charge on any atom is -1.00 e. The zero-order valence-corrected chi connectivity index (χ0v) is 22.4. The summed E-state index contributed by atoms with van der Waals surface area (Å²) < 4.78 is 1.49. The van der Waals surface area contributed by atoms with Gasteiger partial charge in [0.05, 0.1) is 0 Å². The van der Waals surface area contributed by atoms with Crippen LogP contribution in [0.15, 0.2) is 112 Å². The molecule has 164 valence electrons. The first-order chi connectivity index (χ1) is 14.0. The molecule has 0 saturated carbocycles. The Labute approximate surface area is 223 Å². The molecule has 32 heavy (non-hydrogen) atoms. The number of halogens is 3. The minimum atomic E-state index is -0.329. The van der Waals surface area contributed by atoms with E-state index in [9.17, 15) is 0 Å². The van der Waals surface area contributed by atoms with Gasteiger partial charge in [0.25, 0.3) is 0 Å². The van der Waals surface area contributed by atoms with Crippen molar-refractivity contribution in [3.8, 4) is 0 Å². The largest absolute Gasteiger partial charge is 1.00 e. The van der Waals surface area contributed by atoms with Crippen LogP contribution in [0.3, 0.4) is 0 Å². The molecular weight excluding hydrogens is 491 g/mol. The van der Waals surface area contributed by atoms with E-state index >= 15 is 0 Å². The Morgan fingerprint density at radius 3 is 1.25 bits per heavy atom. The van der Waals surface area contributed by atoms with E-state index < -0.39 is 0 Å². The molecule has 0 aliphatic heterocycles. The summed E-state index contributed by atoms with van der Waals surface area (Å²) in [5, 5.41) is 0. The first kappa shape index (κ1) is 28.8. The standard InChI is InChI=1S/C28H27.3ClH.Ti/c1-27(2,3)25-20-13-21-26(25)28(22-14-7-4-8-15-22,23-16-9-5-10-17-23)24-18-11-6-12-19-24;;;;/h4-12,14-19,21H,13H2,1-3H3;3*1H;/q;;;;+3/p-3. The van der Waals surface area contributed by atoms with Crippen molar-refractivity contribution in [2.24, 2.45) is 5.41 Å². The zero-order valence-electron chi connectivity index (χ0n) is 18.6. The third-order valence-corrected chi connectivity index (χ3v) is 6.56. The fourth-order valence-corrected chi connectivity index (χ4v) is 5.75. The summed E-state index contributed by atoms with van der Waals surface area (Å²) in [5.74, 6) is 0. The van der Waals surface area contributed by atoms with Crippen LogP contribution in [-0.4, -0.2) is 0 Å². The Bertz CT molecular complexity index is 953. The van der Waals surface area contributed by atoms with Crippen LogP contribution in [0.25, 0.3) is 0 Å². The molecule has 0 bridgehead atoms. The van der Waals surface area contributed by atoms with Gasteiger partial charge in [-0.15, -0.1) is 0 Å². The molecule has 0 aromatic heterocycles. The van der Waals surface area contributed by atoms with E-state index in [0.717, 1.165) is 6.42 Å². The van der Waals surface area contributed by atoms with Gasteiger partial charge in [-0.2, -0.15) is 0 Å². The monoisotopic (exact) mass is 516 g/mol. The summed E-state index contributed by atoms with van der Waals surface area (Å²) in [6.45, 7) is 7.03. The van der Waals surface area contributed by atoms with Crippen molar-refractivity contribution in [1.29, 1.82) is 0 Å². The molecule has 1 aliphatic carbocycles. The Morgan fingerprint density at radius 2 is 0.938 bits per heavy atom. The number of hydrogen-bond donors (Lipinski definition) is 0. The zero-order chi connectivity index (χ0) is 20.5. The molecule has 0 nitrogen and oxygen atoms in total. The van der Waals surface area contributed by atoms with Crippen molar-refractivity contribution < 1.29 is 57.7 Å². The summed E-state index contributed by atoms with van der Waals surface area (Å²) in [4.78, 5) is 0. The van der Waals surface area contributed by atoms with Crippen molar-refractivity contribution in [2.45, 2.75) is 32.6 Å². The van der Waals surface area contributed by atoms with Crippen LogP contribution in [0.5, 0.6) is 0 Å². The summed E-state index contributed by atoms with van der Waals surface area (Å²) in [5.41, 5.74) is 6.64. The van der Waals surface area contributed by atoms with E-state index in [1.165, 1.54) is 31.7 Å². The summed E-state index contributed by atoms with van der Waals surface area (Å²) in [6, 6.07) is 33.0. The van der Waals surface area contributed by atoms with E-state index in [1.807, 2.05) is 0 Å². The van der Waals surface area contributed by atoms with Crippen LogP contribution in [-0.2, 0) is 25.9 Å². The van der Waals surface area contributed by atoms with Crippen molar-refractivity contribution in [1.82, 2.24) is 0 Å². The second-order valence-corrected chi connectivity index (χ2v) is 9.72. The quantitative estimate of drug-likeness (QED) is 0.283. The van der Waals surface area contributed by atoms with Gasteiger partial charge in [-0.1, -0.05) is 0 Å². The molecule has 0 spiro atoms. The van der Waals surface area contributed by atoms with Crippen LogP contribution in [0, 0.1) is 5.41 Å². The Hall–Kier alpha value is -1.28. The number of rotatable bonds is 4. The van der Waals surface area contributed by atoms with E-state index in [1.54, 1.807) is 0 Å². The van der Waals surface area contributed by atoms with Crippen LogP contribution in [0.1, 0.15) is 43.9 Å². The molecule has 0 saturated heterocycles. The minimum Gasteiger partial charge on any atom is -1.00 e. The molecule has 0 fully saturated rings. The van der Waals surface area contributed by atoms with Gasteiger partial charge in [-0.05, 0) is 0 Å². The number of allylic oxidation sites excluding steroid dienone is 4. The maximum absolute atomic E-state index is 2.48. The van der Waals surface area contributed by atoms with Gasteiger partial charge in [0.1, 0.15) is 0 Å². The van der Waals surface area contributed by atoms with Crippen LogP contribution < -0.4 is 37.2 Å². The molecule has 0 N–H and O–H groups in total. The second-order valence-electron chi connectivity index (χ2n) is 8.77. The summed E-state index contributed by atoms with van der Waals surface area (Å²) in [7, 11) is 0. The average molecular weight is 518 g/mol. The smallest absolute Gasteiger partial charge is 1.00 e. The normalized spacial score (nSPS) is 13.5. The molecule has 4 heteroatoms. The maximum atomic E-state index is 2.48. The molecule has 0 unspecified atom stereocenters. The van der Waals surface area contributed by atoms with Crippen molar-refractivity contribution in [3.63, 3.8) is 0 Å². The minimum absolute atomic E-state index is 0. The predicted molar refractivity (Wildman–Crippen MR) is 118 cm³/mol. The predicted octanol–water partition coefficient (Wildman–Crippen LogP) is -1.79. The first-order valence-corrected chi connectivity index (χ1v) is 11.1. The molecule has 0 atom stereocenters. The average Bonchev–Trinajstić information content (AvgIpc) is 3.13. The van der Waals surface area contributed by atoms with Crippen LogP contribution >= 0.6 is 0 Å². The van der Waals surface area contributed by atoms with Crippen molar-refractivity contribution >= 4 is 0 Å². The van der Waals surface area contributed by atoms with Crippen molar-refractivity contribution in [3.05, 3.63) is 129 Å². The third kappa shape index (κ3) is 5.11. The van der Waals surface area contributed by atoms with Crippen LogP contribution in [0.4, 0.5) is 0 Å². The van der Waals surface area contributed by atoms with Gasteiger partial charge in [-0.25, -0.2) is 0 Å². The van der Waals surface area contributed by atoms with Gasteiger partial charge < -0.3 is 37.2 Å². The van der Waals surface area contributed by atoms with E-state index in [0.29, 0.717) is 0 Å². The van der Waals surface area contributed by atoms with E-state index in [4.69, 9.17) is 0 Å².